The van der Waals surface area contributed by atoms with E-state index in [4.69, 9.17) is 0 Å². The van der Waals surface area contributed by atoms with Crippen molar-refractivity contribution in [2.24, 2.45) is 0 Å². The number of amides is 1. The van der Waals surface area contributed by atoms with Crippen molar-refractivity contribution in [3.8, 4) is 0 Å². The molecule has 1 saturated heterocycles. The van der Waals surface area contributed by atoms with E-state index in [2.05, 4.69) is 20.5 Å². The van der Waals surface area contributed by atoms with E-state index in [1.165, 1.54) is 10.4 Å². The molecule has 0 saturated carbocycles. The number of hydrogen-bond acceptors (Lipinski definition) is 6. The number of carbonyl (C=O) groups excluding carboxylic acids is 1. The van der Waals surface area contributed by atoms with Gasteiger partial charge < -0.3 is 5.32 Å². The van der Waals surface area contributed by atoms with Gasteiger partial charge in [-0.1, -0.05) is 12.5 Å². The van der Waals surface area contributed by atoms with E-state index in [1.807, 2.05) is 19.9 Å². The molecule has 1 aliphatic heterocycles. The Hall–Kier alpha value is -2.85. The molecule has 0 aliphatic carbocycles. The number of nitrogens with one attached hydrogen (secondary N) is 1. The van der Waals surface area contributed by atoms with Crippen molar-refractivity contribution in [1.82, 2.24) is 29.2 Å². The summed E-state index contributed by atoms with van der Waals surface area (Å²) in [6, 6.07) is 6.69. The van der Waals surface area contributed by atoms with Crippen molar-refractivity contribution in [2.45, 2.75) is 51.5 Å². The summed E-state index contributed by atoms with van der Waals surface area (Å²) < 4.78 is 29.5. The molecule has 1 fully saturated rings. The van der Waals surface area contributed by atoms with Crippen LogP contribution < -0.4 is 5.32 Å². The van der Waals surface area contributed by atoms with Gasteiger partial charge in [0, 0.05) is 30.0 Å². The number of benzene rings is 1. The van der Waals surface area contributed by atoms with Crippen molar-refractivity contribution < 1.29 is 13.2 Å². The van der Waals surface area contributed by atoms with E-state index in [9.17, 15) is 13.2 Å². The number of fused-ring (bicyclic) bond motifs is 1. The molecular formula is C21H26N6O3S. The summed E-state index contributed by atoms with van der Waals surface area (Å²) in [6.45, 7) is 6.74. The fraction of sp³-hybridized carbons (Fsp3) is 0.429. The third-order valence-electron chi connectivity index (χ3n) is 5.55. The Balaban J connectivity index is 1.55. The van der Waals surface area contributed by atoms with Crippen molar-refractivity contribution in [2.75, 3.05) is 13.1 Å². The normalized spacial score (nSPS) is 15.3. The number of aromatic nitrogens is 4. The summed E-state index contributed by atoms with van der Waals surface area (Å²) >= 11 is 0. The highest BCUT2D eigenvalue weighted by Crippen LogP contribution is 2.24. The van der Waals surface area contributed by atoms with E-state index in [-0.39, 0.29) is 17.3 Å². The van der Waals surface area contributed by atoms with Crippen molar-refractivity contribution in [1.29, 1.82) is 0 Å². The third-order valence-corrected chi connectivity index (χ3v) is 7.59. The molecule has 3 aromatic rings. The summed E-state index contributed by atoms with van der Waals surface area (Å²) in [5.74, 6) is 0.665. The fourth-order valence-electron chi connectivity index (χ4n) is 3.94. The largest absolute Gasteiger partial charge is 0.345 e. The molecule has 3 heterocycles. The van der Waals surface area contributed by atoms with Gasteiger partial charge in [0.05, 0.1) is 11.4 Å². The summed E-state index contributed by atoms with van der Waals surface area (Å²) in [4.78, 5) is 17.3. The standard InChI is InChI=1S/C21H26N6O3S/c1-14-7-8-17(12-18(14)31(29,30)26-9-5-4-6-10-26)20(28)22-13-19-24-25-21-23-15(2)11-16(3)27(19)21/h7-8,11-12H,4-6,9-10,13H2,1-3H3,(H,22,28). The van der Waals surface area contributed by atoms with Crippen LogP contribution in [0.4, 0.5) is 0 Å². The maximum Gasteiger partial charge on any atom is 0.255 e. The number of aryl methyl sites for hydroxylation is 3. The van der Waals surface area contributed by atoms with Crippen LogP contribution in [-0.2, 0) is 16.6 Å². The molecule has 0 spiro atoms. The van der Waals surface area contributed by atoms with E-state index in [0.717, 1.165) is 30.7 Å². The van der Waals surface area contributed by atoms with Gasteiger partial charge in [-0.2, -0.15) is 4.31 Å². The first-order valence-corrected chi connectivity index (χ1v) is 11.8. The predicted molar refractivity (Wildman–Crippen MR) is 115 cm³/mol. The van der Waals surface area contributed by atoms with Crippen LogP contribution in [0.15, 0.2) is 29.2 Å². The summed E-state index contributed by atoms with van der Waals surface area (Å²) in [7, 11) is -3.63. The van der Waals surface area contributed by atoms with Crippen LogP contribution in [-0.4, -0.2) is 51.3 Å². The summed E-state index contributed by atoms with van der Waals surface area (Å²) in [6.07, 6.45) is 2.76. The molecule has 0 unspecified atom stereocenters. The second-order valence-corrected chi connectivity index (χ2v) is 9.82. The lowest BCUT2D eigenvalue weighted by Gasteiger charge is -2.26. The van der Waals surface area contributed by atoms with Crippen LogP contribution in [0.5, 0.6) is 0 Å². The van der Waals surface area contributed by atoms with Gasteiger partial charge in [-0.15, -0.1) is 10.2 Å². The zero-order valence-electron chi connectivity index (χ0n) is 17.9. The lowest BCUT2D eigenvalue weighted by Crippen LogP contribution is -2.36. The third kappa shape index (κ3) is 4.17. The quantitative estimate of drug-likeness (QED) is 0.648. The number of nitrogens with zero attached hydrogens (tertiary/aromatic N) is 5. The van der Waals surface area contributed by atoms with Crippen molar-refractivity contribution in [3.05, 3.63) is 52.6 Å². The Morgan fingerprint density at radius 3 is 2.55 bits per heavy atom. The SMILES string of the molecule is Cc1cc(C)n2c(CNC(=O)c3ccc(C)c(S(=O)(=O)N4CCCCC4)c3)nnc2n1. The lowest BCUT2D eigenvalue weighted by atomic mass is 10.1. The zero-order chi connectivity index (χ0) is 22.2. The van der Waals surface area contributed by atoms with Gasteiger partial charge in [0.15, 0.2) is 5.82 Å². The second kappa shape index (κ2) is 8.35. The Morgan fingerprint density at radius 1 is 1.06 bits per heavy atom. The Labute approximate surface area is 181 Å². The molecule has 1 aromatic carbocycles. The van der Waals surface area contributed by atoms with Crippen molar-refractivity contribution >= 4 is 21.7 Å². The average Bonchev–Trinajstić information content (AvgIpc) is 3.16. The van der Waals surface area contributed by atoms with E-state index < -0.39 is 10.0 Å². The van der Waals surface area contributed by atoms with E-state index in [1.54, 1.807) is 23.5 Å². The molecule has 0 atom stereocenters. The van der Waals surface area contributed by atoms with E-state index >= 15 is 0 Å². The highest BCUT2D eigenvalue weighted by atomic mass is 32.2. The smallest absolute Gasteiger partial charge is 0.255 e. The molecule has 1 aliphatic rings. The maximum absolute atomic E-state index is 13.1. The monoisotopic (exact) mass is 442 g/mol. The first-order chi connectivity index (χ1) is 14.8. The second-order valence-electron chi connectivity index (χ2n) is 7.92. The van der Waals surface area contributed by atoms with Gasteiger partial charge >= 0.3 is 0 Å². The number of carbonyl (C=O) groups is 1. The van der Waals surface area contributed by atoms with Gasteiger partial charge in [-0.05, 0) is 57.4 Å². The van der Waals surface area contributed by atoms with Crippen LogP contribution in [0.2, 0.25) is 0 Å². The first kappa shape index (κ1) is 21.4. The minimum Gasteiger partial charge on any atom is -0.345 e. The molecule has 0 bridgehead atoms. The highest BCUT2D eigenvalue weighted by molar-refractivity contribution is 7.89. The number of sulfonamides is 1. The molecule has 4 rings (SSSR count). The molecule has 164 valence electrons. The van der Waals surface area contributed by atoms with Gasteiger partial charge in [-0.3, -0.25) is 9.20 Å². The minimum absolute atomic E-state index is 0.146. The predicted octanol–water partition coefficient (Wildman–Crippen LogP) is 2.15. The molecular weight excluding hydrogens is 416 g/mol. The fourth-order valence-corrected chi connectivity index (χ4v) is 5.71. The zero-order valence-corrected chi connectivity index (χ0v) is 18.7. The van der Waals surface area contributed by atoms with Crippen molar-refractivity contribution in [3.63, 3.8) is 0 Å². The summed E-state index contributed by atoms with van der Waals surface area (Å²) in [5, 5.41) is 11.0. The minimum atomic E-state index is -3.63. The number of piperidine rings is 1. The highest BCUT2D eigenvalue weighted by Gasteiger charge is 2.28. The Morgan fingerprint density at radius 2 is 1.81 bits per heavy atom. The van der Waals surface area contributed by atoms with Crippen LogP contribution in [0.1, 0.15) is 52.4 Å². The molecule has 2 aromatic heterocycles. The van der Waals surface area contributed by atoms with Crippen LogP contribution >= 0.6 is 0 Å². The maximum atomic E-state index is 13.1. The summed E-state index contributed by atoms with van der Waals surface area (Å²) in [5.41, 5.74) is 2.68. The topological polar surface area (TPSA) is 110 Å². The molecule has 10 heteroatoms. The average molecular weight is 443 g/mol. The van der Waals surface area contributed by atoms with Crippen LogP contribution in [0.3, 0.4) is 0 Å². The van der Waals surface area contributed by atoms with Crippen LogP contribution in [0.25, 0.3) is 5.78 Å². The Kier molecular flexibility index (Phi) is 5.76. The van der Waals surface area contributed by atoms with Crippen LogP contribution in [0, 0.1) is 20.8 Å². The number of hydrogen-bond donors (Lipinski definition) is 1. The van der Waals surface area contributed by atoms with Gasteiger partial charge in [0.2, 0.25) is 10.0 Å². The molecule has 1 amide bonds. The molecule has 1 N–H and O–H groups in total. The van der Waals surface area contributed by atoms with Gasteiger partial charge in [-0.25, -0.2) is 13.4 Å². The van der Waals surface area contributed by atoms with Gasteiger partial charge in [0.1, 0.15) is 0 Å². The molecule has 9 nitrogen and oxygen atoms in total. The first-order valence-electron chi connectivity index (χ1n) is 10.3. The molecule has 31 heavy (non-hydrogen) atoms. The number of rotatable bonds is 5. The van der Waals surface area contributed by atoms with E-state index in [0.29, 0.717) is 35.8 Å². The lowest BCUT2D eigenvalue weighted by molar-refractivity contribution is 0.0949. The van der Waals surface area contributed by atoms with Gasteiger partial charge in [0.25, 0.3) is 11.7 Å². The Bertz CT molecular complexity index is 1250. The molecule has 0 radical (unpaired) electrons.